The monoisotopic (exact) mass is 252 g/mol. The van der Waals surface area contributed by atoms with Crippen LogP contribution in [0.15, 0.2) is 18.2 Å². The molecule has 1 atom stereocenters. The van der Waals surface area contributed by atoms with Gasteiger partial charge in [-0.2, -0.15) is 0 Å². The highest BCUT2D eigenvalue weighted by molar-refractivity contribution is 5.43. The number of nitrogens with zero attached hydrogens (tertiary/aromatic N) is 1. The zero-order valence-corrected chi connectivity index (χ0v) is 12.0. The maximum atomic E-state index is 5.88. The van der Waals surface area contributed by atoms with Crippen LogP contribution in [-0.2, 0) is 6.42 Å². The first-order chi connectivity index (χ1) is 8.46. The third kappa shape index (κ3) is 3.15. The Morgan fingerprint density at radius 3 is 2.22 bits per heavy atom. The number of likely N-dealkylation sites (N-methyl/N-ethyl adjacent to an activating group) is 1. The molecule has 0 aromatic heterocycles. The number of ether oxygens (including phenoxy) is 2. The molecular weight excluding hydrogens is 228 g/mol. The van der Waals surface area contributed by atoms with Gasteiger partial charge in [0.05, 0.1) is 14.2 Å². The summed E-state index contributed by atoms with van der Waals surface area (Å²) in [6.45, 7) is 2.76. The number of hydrogen-bond donors (Lipinski definition) is 1. The average Bonchev–Trinajstić information content (AvgIpc) is 2.38. The van der Waals surface area contributed by atoms with Crippen LogP contribution in [0.1, 0.15) is 12.5 Å². The fourth-order valence-corrected chi connectivity index (χ4v) is 1.84. The van der Waals surface area contributed by atoms with Crippen molar-refractivity contribution in [3.8, 4) is 11.5 Å². The average molecular weight is 252 g/mol. The summed E-state index contributed by atoms with van der Waals surface area (Å²) in [5.41, 5.74) is 7.02. The van der Waals surface area contributed by atoms with Crippen molar-refractivity contribution in [3.05, 3.63) is 23.8 Å². The van der Waals surface area contributed by atoms with Crippen molar-refractivity contribution in [1.82, 2.24) is 4.90 Å². The lowest BCUT2D eigenvalue weighted by Crippen LogP contribution is -2.49. The Bertz CT molecular complexity index is 393. The molecule has 1 aromatic carbocycles. The van der Waals surface area contributed by atoms with E-state index in [-0.39, 0.29) is 5.54 Å². The van der Waals surface area contributed by atoms with Gasteiger partial charge in [-0.1, -0.05) is 6.07 Å². The molecule has 4 nitrogen and oxygen atoms in total. The lowest BCUT2D eigenvalue weighted by Gasteiger charge is -2.35. The molecule has 0 saturated carbocycles. The predicted octanol–water partition coefficient (Wildman–Crippen LogP) is 1.53. The summed E-state index contributed by atoms with van der Waals surface area (Å²) < 4.78 is 10.6. The van der Waals surface area contributed by atoms with E-state index in [0.717, 1.165) is 17.9 Å². The molecule has 0 radical (unpaired) electrons. The van der Waals surface area contributed by atoms with Gasteiger partial charge in [0.1, 0.15) is 0 Å². The molecule has 0 fully saturated rings. The van der Waals surface area contributed by atoms with Gasteiger partial charge in [0.15, 0.2) is 11.5 Å². The molecule has 0 aliphatic rings. The van der Waals surface area contributed by atoms with E-state index in [4.69, 9.17) is 15.2 Å². The summed E-state index contributed by atoms with van der Waals surface area (Å²) in [7, 11) is 7.39. The second-order valence-electron chi connectivity index (χ2n) is 4.96. The normalized spacial score (nSPS) is 14.4. The summed E-state index contributed by atoms with van der Waals surface area (Å²) in [4.78, 5) is 2.16. The van der Waals surface area contributed by atoms with Crippen molar-refractivity contribution in [2.24, 2.45) is 5.73 Å². The van der Waals surface area contributed by atoms with E-state index in [0.29, 0.717) is 6.54 Å². The lowest BCUT2D eigenvalue weighted by atomic mass is 9.91. The molecule has 102 valence electrons. The third-order valence-corrected chi connectivity index (χ3v) is 3.55. The van der Waals surface area contributed by atoms with Crippen molar-refractivity contribution in [2.45, 2.75) is 18.9 Å². The molecule has 2 N–H and O–H groups in total. The number of rotatable bonds is 6. The van der Waals surface area contributed by atoms with E-state index in [1.165, 1.54) is 5.56 Å². The van der Waals surface area contributed by atoms with Gasteiger partial charge in [0.2, 0.25) is 0 Å². The maximum absolute atomic E-state index is 5.88. The molecule has 0 aliphatic heterocycles. The minimum Gasteiger partial charge on any atom is -0.493 e. The Morgan fingerprint density at radius 2 is 1.78 bits per heavy atom. The van der Waals surface area contributed by atoms with E-state index in [2.05, 4.69) is 17.9 Å². The molecule has 18 heavy (non-hydrogen) atoms. The number of hydrogen-bond acceptors (Lipinski definition) is 4. The van der Waals surface area contributed by atoms with Crippen molar-refractivity contribution in [2.75, 3.05) is 34.9 Å². The van der Waals surface area contributed by atoms with E-state index < -0.39 is 0 Å². The van der Waals surface area contributed by atoms with Gasteiger partial charge in [-0.15, -0.1) is 0 Å². The van der Waals surface area contributed by atoms with E-state index in [1.807, 2.05) is 26.2 Å². The smallest absolute Gasteiger partial charge is 0.160 e. The zero-order valence-electron chi connectivity index (χ0n) is 12.0. The van der Waals surface area contributed by atoms with Gasteiger partial charge >= 0.3 is 0 Å². The molecule has 4 heteroatoms. The molecular formula is C14H24N2O2. The molecule has 0 saturated heterocycles. The standard InChI is InChI=1S/C14H24N2O2/c1-14(10-15,16(2)3)9-11-6-7-12(17-4)13(8-11)18-5/h6-8H,9-10,15H2,1-5H3. The van der Waals surface area contributed by atoms with Crippen molar-refractivity contribution in [3.63, 3.8) is 0 Å². The Balaban J connectivity index is 2.98. The van der Waals surface area contributed by atoms with Crippen LogP contribution in [-0.4, -0.2) is 45.3 Å². The van der Waals surface area contributed by atoms with Crippen LogP contribution in [0.3, 0.4) is 0 Å². The van der Waals surface area contributed by atoms with Gasteiger partial charge in [-0.05, 0) is 45.1 Å². The Kier molecular flexibility index (Phi) is 4.99. The Labute approximate surface area is 110 Å². The predicted molar refractivity (Wildman–Crippen MR) is 74.4 cm³/mol. The second-order valence-corrected chi connectivity index (χ2v) is 4.96. The minimum atomic E-state index is -0.0560. The molecule has 0 heterocycles. The highest BCUT2D eigenvalue weighted by Crippen LogP contribution is 2.29. The van der Waals surface area contributed by atoms with E-state index in [1.54, 1.807) is 14.2 Å². The van der Waals surface area contributed by atoms with Crippen LogP contribution < -0.4 is 15.2 Å². The van der Waals surface area contributed by atoms with Gasteiger partial charge < -0.3 is 20.1 Å². The molecule has 1 rings (SSSR count). The summed E-state index contributed by atoms with van der Waals surface area (Å²) in [5, 5.41) is 0. The van der Waals surface area contributed by atoms with Crippen LogP contribution in [0, 0.1) is 0 Å². The topological polar surface area (TPSA) is 47.7 Å². The lowest BCUT2D eigenvalue weighted by molar-refractivity contribution is 0.181. The van der Waals surface area contributed by atoms with Gasteiger partial charge in [0.25, 0.3) is 0 Å². The first-order valence-electron chi connectivity index (χ1n) is 6.05. The van der Waals surface area contributed by atoms with Crippen LogP contribution >= 0.6 is 0 Å². The summed E-state index contributed by atoms with van der Waals surface area (Å²) in [6.07, 6.45) is 0.872. The van der Waals surface area contributed by atoms with E-state index >= 15 is 0 Å². The molecule has 1 unspecified atom stereocenters. The highest BCUT2D eigenvalue weighted by atomic mass is 16.5. The SMILES string of the molecule is COc1ccc(CC(C)(CN)N(C)C)cc1OC. The first kappa shape index (κ1) is 14.8. The Morgan fingerprint density at radius 1 is 1.17 bits per heavy atom. The van der Waals surface area contributed by atoms with Crippen LogP contribution in [0.5, 0.6) is 11.5 Å². The molecule has 1 aromatic rings. The van der Waals surface area contributed by atoms with Gasteiger partial charge in [-0.3, -0.25) is 0 Å². The molecule has 0 bridgehead atoms. The van der Waals surface area contributed by atoms with Crippen molar-refractivity contribution < 1.29 is 9.47 Å². The van der Waals surface area contributed by atoms with Gasteiger partial charge in [-0.25, -0.2) is 0 Å². The quantitative estimate of drug-likeness (QED) is 0.834. The number of benzene rings is 1. The highest BCUT2D eigenvalue weighted by Gasteiger charge is 2.25. The summed E-state index contributed by atoms with van der Waals surface area (Å²) in [6, 6.07) is 6.00. The van der Waals surface area contributed by atoms with Crippen LogP contribution in [0.25, 0.3) is 0 Å². The molecule has 0 amide bonds. The number of methoxy groups -OCH3 is 2. The largest absolute Gasteiger partial charge is 0.493 e. The fraction of sp³-hybridized carbons (Fsp3) is 0.571. The minimum absolute atomic E-state index is 0.0560. The van der Waals surface area contributed by atoms with Crippen LogP contribution in [0.2, 0.25) is 0 Å². The molecule has 0 aliphatic carbocycles. The van der Waals surface area contributed by atoms with Crippen molar-refractivity contribution in [1.29, 1.82) is 0 Å². The molecule has 0 spiro atoms. The number of nitrogens with two attached hydrogens (primary N) is 1. The van der Waals surface area contributed by atoms with Crippen molar-refractivity contribution >= 4 is 0 Å². The fourth-order valence-electron chi connectivity index (χ4n) is 1.84. The zero-order chi connectivity index (χ0) is 13.8. The summed E-state index contributed by atoms with van der Waals surface area (Å²) in [5.74, 6) is 1.51. The summed E-state index contributed by atoms with van der Waals surface area (Å²) >= 11 is 0. The Hall–Kier alpha value is -1.26. The van der Waals surface area contributed by atoms with E-state index in [9.17, 15) is 0 Å². The first-order valence-corrected chi connectivity index (χ1v) is 6.05. The van der Waals surface area contributed by atoms with Crippen LogP contribution in [0.4, 0.5) is 0 Å². The third-order valence-electron chi connectivity index (χ3n) is 3.55. The second kappa shape index (κ2) is 6.07. The van der Waals surface area contributed by atoms with Gasteiger partial charge in [0, 0.05) is 12.1 Å². The maximum Gasteiger partial charge on any atom is 0.160 e.